The molecule has 1 nitrogen and oxygen atoms in total. The fraction of sp³-hybridized carbons (Fsp3) is 0.0400. The number of anilines is 2. The topological polar surface area (TPSA) is 3.24 Å². The molecule has 0 amide bonds. The molecule has 134 valence electrons. The van der Waals surface area contributed by atoms with Crippen LogP contribution in [-0.4, -0.2) is 6.54 Å². The number of halogens is 1. The summed E-state index contributed by atoms with van der Waals surface area (Å²) in [5.74, 6) is 0. The zero-order valence-electron chi connectivity index (χ0n) is 15.1. The van der Waals surface area contributed by atoms with Crippen LogP contribution in [0.2, 0.25) is 0 Å². The third kappa shape index (κ3) is 5.32. The molecule has 3 aromatic carbocycles. The SMILES string of the molecule is C=C/C=C(\C=C/CN(c1ccccc1)c1ccccc1)c1cccc(Br)c1. The number of allylic oxidation sites excluding steroid dienone is 4. The lowest BCUT2D eigenvalue weighted by atomic mass is 10.0. The first-order valence-corrected chi connectivity index (χ1v) is 9.70. The van der Waals surface area contributed by atoms with E-state index in [9.17, 15) is 0 Å². The van der Waals surface area contributed by atoms with Crippen molar-refractivity contribution in [2.24, 2.45) is 0 Å². The Kier molecular flexibility index (Phi) is 6.84. The van der Waals surface area contributed by atoms with Gasteiger partial charge in [0.15, 0.2) is 0 Å². The fourth-order valence-corrected chi connectivity index (χ4v) is 3.30. The minimum atomic E-state index is 0.774. The van der Waals surface area contributed by atoms with Gasteiger partial charge < -0.3 is 4.90 Å². The molecule has 0 radical (unpaired) electrons. The lowest BCUT2D eigenvalue weighted by Gasteiger charge is -2.23. The summed E-state index contributed by atoms with van der Waals surface area (Å²) in [6.45, 7) is 4.63. The smallest absolute Gasteiger partial charge is 0.0415 e. The summed E-state index contributed by atoms with van der Waals surface area (Å²) in [5, 5.41) is 0. The first kappa shape index (κ1) is 18.9. The van der Waals surface area contributed by atoms with Crippen molar-refractivity contribution in [3.05, 3.63) is 126 Å². The van der Waals surface area contributed by atoms with E-state index in [2.05, 4.69) is 100 Å². The van der Waals surface area contributed by atoms with Gasteiger partial charge in [0.25, 0.3) is 0 Å². The zero-order chi connectivity index (χ0) is 18.9. The molecule has 0 aliphatic heterocycles. The van der Waals surface area contributed by atoms with Crippen molar-refractivity contribution < 1.29 is 0 Å². The molecule has 3 rings (SSSR count). The molecule has 0 atom stereocenters. The van der Waals surface area contributed by atoms with Gasteiger partial charge in [-0.3, -0.25) is 0 Å². The second-order valence-electron chi connectivity index (χ2n) is 6.05. The molecule has 0 saturated heterocycles. The van der Waals surface area contributed by atoms with Crippen molar-refractivity contribution in [2.45, 2.75) is 0 Å². The summed E-state index contributed by atoms with van der Waals surface area (Å²) in [6.07, 6.45) is 8.21. The first-order valence-electron chi connectivity index (χ1n) is 8.91. The van der Waals surface area contributed by atoms with Crippen LogP contribution in [-0.2, 0) is 0 Å². The number of hydrogen-bond donors (Lipinski definition) is 0. The number of nitrogens with zero attached hydrogens (tertiary/aromatic N) is 1. The van der Waals surface area contributed by atoms with E-state index in [1.165, 1.54) is 11.4 Å². The second kappa shape index (κ2) is 9.75. The van der Waals surface area contributed by atoms with Gasteiger partial charge in [-0.2, -0.15) is 0 Å². The molecule has 0 aliphatic carbocycles. The van der Waals surface area contributed by atoms with Crippen molar-refractivity contribution in [1.82, 2.24) is 0 Å². The van der Waals surface area contributed by atoms with E-state index in [4.69, 9.17) is 0 Å². The average Bonchev–Trinajstić information content (AvgIpc) is 2.72. The zero-order valence-corrected chi connectivity index (χ0v) is 16.7. The van der Waals surface area contributed by atoms with E-state index in [1.54, 1.807) is 0 Å². The monoisotopic (exact) mass is 415 g/mol. The molecule has 0 fully saturated rings. The lowest BCUT2D eigenvalue weighted by molar-refractivity contribution is 1.10. The van der Waals surface area contributed by atoms with Crippen LogP contribution in [0.3, 0.4) is 0 Å². The molecule has 0 heterocycles. The van der Waals surface area contributed by atoms with Gasteiger partial charge in [-0.1, -0.05) is 95.3 Å². The molecule has 0 N–H and O–H groups in total. The van der Waals surface area contributed by atoms with E-state index in [0.29, 0.717) is 0 Å². The molecule has 0 saturated carbocycles. The van der Waals surface area contributed by atoms with Crippen LogP contribution in [0.4, 0.5) is 11.4 Å². The number of benzene rings is 3. The lowest BCUT2D eigenvalue weighted by Crippen LogP contribution is -2.16. The van der Waals surface area contributed by atoms with Gasteiger partial charge in [0.2, 0.25) is 0 Å². The largest absolute Gasteiger partial charge is 0.338 e. The predicted octanol–water partition coefficient (Wildman–Crippen LogP) is 7.41. The average molecular weight is 416 g/mol. The Balaban J connectivity index is 1.85. The van der Waals surface area contributed by atoms with Crippen LogP contribution in [0.1, 0.15) is 5.56 Å². The van der Waals surface area contributed by atoms with Gasteiger partial charge in [-0.05, 0) is 47.5 Å². The summed E-state index contributed by atoms with van der Waals surface area (Å²) in [5.41, 5.74) is 4.63. The first-order chi connectivity index (χ1) is 13.3. The van der Waals surface area contributed by atoms with Crippen molar-refractivity contribution in [2.75, 3.05) is 11.4 Å². The Morgan fingerprint density at radius 1 is 0.852 bits per heavy atom. The van der Waals surface area contributed by atoms with Crippen LogP contribution < -0.4 is 4.90 Å². The van der Waals surface area contributed by atoms with Gasteiger partial charge >= 0.3 is 0 Å². The third-order valence-electron chi connectivity index (χ3n) is 4.18. The van der Waals surface area contributed by atoms with E-state index in [-0.39, 0.29) is 0 Å². The number of rotatable bonds is 7. The molecular weight excluding hydrogens is 394 g/mol. The summed E-state index contributed by atoms with van der Waals surface area (Å²) < 4.78 is 1.07. The maximum absolute atomic E-state index is 3.85. The van der Waals surface area contributed by atoms with Crippen molar-refractivity contribution in [1.29, 1.82) is 0 Å². The number of para-hydroxylation sites is 2. The maximum atomic E-state index is 3.85. The van der Waals surface area contributed by atoms with E-state index < -0.39 is 0 Å². The summed E-state index contributed by atoms with van der Waals surface area (Å²) in [7, 11) is 0. The van der Waals surface area contributed by atoms with Crippen LogP contribution >= 0.6 is 15.9 Å². The third-order valence-corrected chi connectivity index (χ3v) is 4.67. The van der Waals surface area contributed by atoms with Crippen LogP contribution in [0, 0.1) is 0 Å². The van der Waals surface area contributed by atoms with Gasteiger partial charge in [-0.25, -0.2) is 0 Å². The number of hydrogen-bond acceptors (Lipinski definition) is 1. The van der Waals surface area contributed by atoms with Crippen molar-refractivity contribution >= 4 is 32.9 Å². The predicted molar refractivity (Wildman–Crippen MR) is 121 cm³/mol. The second-order valence-corrected chi connectivity index (χ2v) is 6.97. The minimum absolute atomic E-state index is 0.774. The summed E-state index contributed by atoms with van der Waals surface area (Å²) >= 11 is 3.55. The van der Waals surface area contributed by atoms with E-state index >= 15 is 0 Å². The van der Waals surface area contributed by atoms with E-state index in [1.807, 2.05) is 36.4 Å². The van der Waals surface area contributed by atoms with Gasteiger partial charge in [0, 0.05) is 22.4 Å². The maximum Gasteiger partial charge on any atom is 0.0415 e. The quantitative estimate of drug-likeness (QED) is 0.363. The molecule has 0 spiro atoms. The molecule has 3 aromatic rings. The molecule has 2 heteroatoms. The van der Waals surface area contributed by atoms with E-state index in [0.717, 1.165) is 22.2 Å². The highest BCUT2D eigenvalue weighted by atomic mass is 79.9. The van der Waals surface area contributed by atoms with Crippen LogP contribution in [0.5, 0.6) is 0 Å². The van der Waals surface area contributed by atoms with Gasteiger partial charge in [0.05, 0.1) is 0 Å². The molecular formula is C25H22BrN. The van der Waals surface area contributed by atoms with Crippen LogP contribution in [0.25, 0.3) is 5.57 Å². The standard InChI is InChI=1S/C25H22BrN/c1-2-11-21(22-12-9-14-23(26)20-22)13-10-19-27(24-15-5-3-6-16-24)25-17-7-4-8-18-25/h2-18,20H,1,19H2/b13-10-,21-11+. The van der Waals surface area contributed by atoms with Crippen LogP contribution in [0.15, 0.2) is 120 Å². The Hall–Kier alpha value is -2.84. The Morgan fingerprint density at radius 2 is 1.48 bits per heavy atom. The van der Waals surface area contributed by atoms with Gasteiger partial charge in [0.1, 0.15) is 0 Å². The highest BCUT2D eigenvalue weighted by Crippen LogP contribution is 2.25. The normalized spacial score (nSPS) is 11.5. The molecule has 0 aliphatic rings. The Bertz CT molecular complexity index is 887. The Morgan fingerprint density at radius 3 is 2.04 bits per heavy atom. The fourth-order valence-electron chi connectivity index (χ4n) is 2.90. The highest BCUT2D eigenvalue weighted by Gasteiger charge is 2.07. The summed E-state index contributed by atoms with van der Waals surface area (Å²) in [4.78, 5) is 2.29. The molecule has 27 heavy (non-hydrogen) atoms. The minimum Gasteiger partial charge on any atom is -0.338 e. The Labute approximate surface area is 170 Å². The molecule has 0 unspecified atom stereocenters. The summed E-state index contributed by atoms with van der Waals surface area (Å²) in [6, 6.07) is 29.2. The van der Waals surface area contributed by atoms with Crippen molar-refractivity contribution in [3.63, 3.8) is 0 Å². The molecule has 0 bridgehead atoms. The van der Waals surface area contributed by atoms with Gasteiger partial charge in [-0.15, -0.1) is 0 Å². The molecule has 0 aromatic heterocycles. The van der Waals surface area contributed by atoms with Crippen molar-refractivity contribution in [3.8, 4) is 0 Å². The highest BCUT2D eigenvalue weighted by molar-refractivity contribution is 9.10.